The number of aromatic nitrogens is 2. The zero-order valence-electron chi connectivity index (χ0n) is 13.6. The van der Waals surface area contributed by atoms with Gasteiger partial charge in [-0.15, -0.1) is 0 Å². The van der Waals surface area contributed by atoms with E-state index in [1.807, 2.05) is 11.6 Å². The van der Waals surface area contributed by atoms with Gasteiger partial charge in [0.05, 0.1) is 21.9 Å². The second-order valence-electron chi connectivity index (χ2n) is 6.16. The third-order valence-corrected chi connectivity index (χ3v) is 6.04. The molecule has 1 atom stereocenters. The first-order chi connectivity index (χ1) is 12.1. The summed E-state index contributed by atoms with van der Waals surface area (Å²) in [6.45, 7) is 3.17. The van der Waals surface area contributed by atoms with E-state index in [1.165, 1.54) is 17.8 Å². The highest BCUT2D eigenvalue weighted by Crippen LogP contribution is 2.47. The summed E-state index contributed by atoms with van der Waals surface area (Å²) in [5.74, 6) is 0.168. The number of benzene rings is 1. The molecule has 132 valence electrons. The van der Waals surface area contributed by atoms with Crippen LogP contribution in [-0.4, -0.2) is 28.0 Å². The molecular weight excluding hydrogens is 365 g/mol. The standard InChI is InChI=1S/C17H17ClFN3O2S/c1-9-20-16-14(15(25-9)13-11(18)3-2-4-12(13)19)17(23)21-22(16)10-5-7-24-8-6-10/h2-4,10,15H,5-8H2,1H3,(H,21,23)/t15-/m1/s1. The fourth-order valence-electron chi connectivity index (χ4n) is 3.38. The van der Waals surface area contributed by atoms with Crippen molar-refractivity contribution in [3.8, 4) is 0 Å². The lowest BCUT2D eigenvalue weighted by molar-refractivity contribution is 0.0666. The number of H-pyrrole nitrogens is 1. The molecule has 8 heteroatoms. The van der Waals surface area contributed by atoms with Gasteiger partial charge in [-0.25, -0.2) is 9.38 Å². The first-order valence-electron chi connectivity index (χ1n) is 8.14. The minimum Gasteiger partial charge on any atom is -0.381 e. The Hall–Kier alpha value is -1.57. The summed E-state index contributed by atoms with van der Waals surface area (Å²) in [7, 11) is 0. The molecule has 3 heterocycles. The molecule has 1 saturated heterocycles. The van der Waals surface area contributed by atoms with Crippen LogP contribution in [0.5, 0.6) is 0 Å². The van der Waals surface area contributed by atoms with Crippen LogP contribution in [0.25, 0.3) is 0 Å². The van der Waals surface area contributed by atoms with Crippen LogP contribution < -0.4 is 5.56 Å². The van der Waals surface area contributed by atoms with Crippen molar-refractivity contribution in [1.82, 2.24) is 9.78 Å². The maximum atomic E-state index is 14.5. The number of aliphatic imine (C=N–C) groups is 1. The lowest BCUT2D eigenvalue weighted by Crippen LogP contribution is -2.21. The molecule has 0 saturated carbocycles. The summed E-state index contributed by atoms with van der Waals surface area (Å²) in [5.41, 5.74) is 0.559. The van der Waals surface area contributed by atoms with Gasteiger partial charge in [0, 0.05) is 23.8 Å². The maximum Gasteiger partial charge on any atom is 0.271 e. The summed E-state index contributed by atoms with van der Waals surface area (Å²) in [5, 5.41) is 3.49. The first kappa shape index (κ1) is 16.9. The number of thioether (sulfide) groups is 1. The topological polar surface area (TPSA) is 59.4 Å². The molecule has 0 amide bonds. The van der Waals surface area contributed by atoms with Crippen molar-refractivity contribution >= 4 is 34.2 Å². The van der Waals surface area contributed by atoms with Crippen molar-refractivity contribution < 1.29 is 9.13 Å². The van der Waals surface area contributed by atoms with Gasteiger partial charge >= 0.3 is 0 Å². The van der Waals surface area contributed by atoms with E-state index >= 15 is 0 Å². The monoisotopic (exact) mass is 381 g/mol. The predicted molar refractivity (Wildman–Crippen MR) is 97.8 cm³/mol. The van der Waals surface area contributed by atoms with E-state index in [1.54, 1.807) is 12.1 Å². The molecule has 0 bridgehead atoms. The molecule has 0 spiro atoms. The van der Waals surface area contributed by atoms with Gasteiger partial charge in [-0.05, 0) is 31.9 Å². The van der Waals surface area contributed by atoms with Gasteiger partial charge in [0.25, 0.3) is 5.56 Å². The number of nitrogens with zero attached hydrogens (tertiary/aromatic N) is 2. The quantitative estimate of drug-likeness (QED) is 0.847. The van der Waals surface area contributed by atoms with Crippen molar-refractivity contribution in [2.24, 2.45) is 4.99 Å². The van der Waals surface area contributed by atoms with Crippen LogP contribution in [0.4, 0.5) is 10.2 Å². The third-order valence-electron chi connectivity index (χ3n) is 4.57. The van der Waals surface area contributed by atoms with Crippen LogP contribution in [0.1, 0.15) is 42.2 Å². The number of aromatic amines is 1. The van der Waals surface area contributed by atoms with Gasteiger partial charge in [0.2, 0.25) is 0 Å². The van der Waals surface area contributed by atoms with Crippen molar-refractivity contribution in [1.29, 1.82) is 0 Å². The summed E-state index contributed by atoms with van der Waals surface area (Å²) in [6, 6.07) is 4.70. The molecule has 5 nitrogen and oxygen atoms in total. The van der Waals surface area contributed by atoms with Gasteiger partial charge in [-0.1, -0.05) is 29.4 Å². The molecule has 4 rings (SSSR count). The van der Waals surface area contributed by atoms with E-state index in [9.17, 15) is 9.18 Å². The van der Waals surface area contributed by atoms with Crippen LogP contribution in [0.15, 0.2) is 28.0 Å². The van der Waals surface area contributed by atoms with E-state index in [4.69, 9.17) is 16.3 Å². The summed E-state index contributed by atoms with van der Waals surface area (Å²) >= 11 is 7.61. The molecule has 1 N–H and O–H groups in total. The van der Waals surface area contributed by atoms with Gasteiger partial charge in [0.1, 0.15) is 5.82 Å². The summed E-state index contributed by atoms with van der Waals surface area (Å²) in [4.78, 5) is 17.3. The normalized spacial score (nSPS) is 21.1. The van der Waals surface area contributed by atoms with Gasteiger partial charge in [-0.2, -0.15) is 0 Å². The second-order valence-corrected chi connectivity index (χ2v) is 7.86. The third kappa shape index (κ3) is 2.94. The Morgan fingerprint density at radius 2 is 2.12 bits per heavy atom. The Morgan fingerprint density at radius 1 is 1.36 bits per heavy atom. The molecule has 2 aliphatic heterocycles. The van der Waals surface area contributed by atoms with E-state index in [-0.39, 0.29) is 11.6 Å². The van der Waals surface area contributed by atoms with E-state index < -0.39 is 11.1 Å². The first-order valence-corrected chi connectivity index (χ1v) is 9.40. The lowest BCUT2D eigenvalue weighted by Gasteiger charge is -2.26. The zero-order valence-corrected chi connectivity index (χ0v) is 15.2. The average Bonchev–Trinajstić information content (AvgIpc) is 2.92. The molecule has 25 heavy (non-hydrogen) atoms. The Balaban J connectivity index is 1.87. The molecule has 0 radical (unpaired) electrons. The van der Waals surface area contributed by atoms with E-state index in [2.05, 4.69) is 10.1 Å². The summed E-state index contributed by atoms with van der Waals surface area (Å²) in [6.07, 6.45) is 1.62. The molecule has 0 unspecified atom stereocenters. The van der Waals surface area contributed by atoms with Crippen molar-refractivity contribution in [2.45, 2.75) is 31.1 Å². The maximum absolute atomic E-state index is 14.5. The highest BCUT2D eigenvalue weighted by atomic mass is 35.5. The average molecular weight is 382 g/mol. The smallest absolute Gasteiger partial charge is 0.271 e. The Bertz CT molecular complexity index is 882. The predicted octanol–water partition coefficient (Wildman–Crippen LogP) is 4.21. The number of nitrogens with one attached hydrogen (secondary N) is 1. The van der Waals surface area contributed by atoms with Crippen LogP contribution in [0.3, 0.4) is 0 Å². The minimum absolute atomic E-state index is 0.126. The summed E-state index contributed by atoms with van der Waals surface area (Å²) < 4.78 is 21.7. The second kappa shape index (κ2) is 6.63. The molecule has 1 aromatic heterocycles. The Labute approximate surface area is 153 Å². The number of halogens is 2. The van der Waals surface area contributed by atoms with Crippen LogP contribution in [0, 0.1) is 5.82 Å². The van der Waals surface area contributed by atoms with Crippen molar-refractivity contribution in [2.75, 3.05) is 13.2 Å². The van der Waals surface area contributed by atoms with Crippen molar-refractivity contribution in [3.05, 3.63) is 50.5 Å². The highest BCUT2D eigenvalue weighted by Gasteiger charge is 2.34. The molecule has 1 aromatic carbocycles. The number of hydrogen-bond donors (Lipinski definition) is 1. The fourth-order valence-corrected chi connectivity index (χ4v) is 4.89. The largest absolute Gasteiger partial charge is 0.381 e. The SMILES string of the molecule is CC1=Nc2c(c(=O)[nH]n2C2CCOCC2)[C@@H](c2c(F)cccc2Cl)S1. The lowest BCUT2D eigenvalue weighted by atomic mass is 10.0. The Morgan fingerprint density at radius 3 is 2.84 bits per heavy atom. The number of fused-ring (bicyclic) bond motifs is 1. The van der Waals surface area contributed by atoms with Crippen molar-refractivity contribution in [3.63, 3.8) is 0 Å². The fraction of sp³-hybridized carbons (Fsp3) is 0.412. The van der Waals surface area contributed by atoms with Crippen LogP contribution in [0.2, 0.25) is 5.02 Å². The molecule has 2 aliphatic rings. The van der Waals surface area contributed by atoms with Crippen LogP contribution >= 0.6 is 23.4 Å². The molecule has 0 aliphatic carbocycles. The van der Waals surface area contributed by atoms with Gasteiger partial charge in [-0.3, -0.25) is 14.6 Å². The molecule has 2 aromatic rings. The minimum atomic E-state index is -0.508. The van der Waals surface area contributed by atoms with E-state index in [0.29, 0.717) is 35.2 Å². The van der Waals surface area contributed by atoms with Crippen LogP contribution in [-0.2, 0) is 4.74 Å². The number of rotatable bonds is 2. The Kier molecular flexibility index (Phi) is 4.47. The number of ether oxygens (including phenoxy) is 1. The molecular formula is C17H17ClFN3O2S. The van der Waals surface area contributed by atoms with E-state index in [0.717, 1.165) is 17.9 Å². The highest BCUT2D eigenvalue weighted by molar-refractivity contribution is 8.14. The van der Waals surface area contributed by atoms with Gasteiger partial charge < -0.3 is 4.74 Å². The number of hydrogen-bond acceptors (Lipinski definition) is 4. The van der Waals surface area contributed by atoms with Gasteiger partial charge in [0.15, 0.2) is 5.82 Å². The molecule has 1 fully saturated rings. The zero-order chi connectivity index (χ0) is 17.6.